The Balaban J connectivity index is 0.797. The summed E-state index contributed by atoms with van der Waals surface area (Å²) >= 11 is 0. The lowest BCUT2D eigenvalue weighted by molar-refractivity contribution is 0.857. The van der Waals surface area contributed by atoms with Gasteiger partial charge in [0.05, 0.1) is 5.52 Å². The molecule has 12 aromatic carbocycles. The Labute approximate surface area is 425 Å². The van der Waals surface area contributed by atoms with Gasteiger partial charge in [-0.15, -0.1) is 0 Å². The minimum Gasteiger partial charge on any atom is -0.316 e. The van der Waals surface area contributed by atoms with Crippen molar-refractivity contribution in [2.45, 2.75) is 12.3 Å². The van der Waals surface area contributed by atoms with Crippen molar-refractivity contribution >= 4 is 59.6 Å². The van der Waals surface area contributed by atoms with E-state index >= 15 is 0 Å². The molecule has 1 nitrogen and oxygen atoms in total. The number of hydrogen-bond donors (Lipinski definition) is 0. The lowest BCUT2D eigenvalue weighted by Crippen LogP contribution is -1.99. The van der Waals surface area contributed by atoms with Gasteiger partial charge in [0.1, 0.15) is 0 Å². The Morgan fingerprint density at radius 2 is 0.795 bits per heavy atom. The first kappa shape index (κ1) is 42.6. The van der Waals surface area contributed by atoms with Crippen molar-refractivity contribution in [3.63, 3.8) is 0 Å². The standard InChI is InChI=1S/C72H49N/c1-4-16-62-53(11-1)14-9-21-64(62)55-33-27-49(28-34-55)48-23-25-52(26-24-48)59-41-44-72-70(45-59)71(58-37-31-51(32-38-58)50-29-35-56(36-30-50)65-22-10-15-54-12-2-5-17-63(54)65)47-73(72)61-42-39-57(40-43-61)69-46-60-13-3-6-18-66(60)67-19-7-8-20-68(67)69/h1-23,25-48H,24H2. The summed E-state index contributed by atoms with van der Waals surface area (Å²) in [4.78, 5) is 0. The maximum absolute atomic E-state index is 2.43. The van der Waals surface area contributed by atoms with Gasteiger partial charge in [-0.05, 0) is 147 Å². The molecular weight excluding hydrogens is 879 g/mol. The highest BCUT2D eigenvalue weighted by molar-refractivity contribution is 6.14. The minimum absolute atomic E-state index is 0.328. The molecule has 1 aliphatic carbocycles. The van der Waals surface area contributed by atoms with Crippen LogP contribution in [0.15, 0.2) is 279 Å². The van der Waals surface area contributed by atoms with E-state index in [1.54, 1.807) is 0 Å². The number of benzene rings is 12. The van der Waals surface area contributed by atoms with E-state index in [2.05, 4.69) is 284 Å². The smallest absolute Gasteiger partial charge is 0.0535 e. The molecular formula is C72H49N. The molecule has 0 aliphatic heterocycles. The summed E-state index contributed by atoms with van der Waals surface area (Å²) in [6.07, 6.45) is 10.4. The van der Waals surface area contributed by atoms with Crippen LogP contribution in [0.2, 0.25) is 0 Å². The molecule has 342 valence electrons. The SMILES string of the molecule is C1=CC(c2ccc(-c3cccc4ccccc34)cc2)CC=C1c1ccc2c(c1)c(-c1ccc(-c3ccc(-c4cccc5ccccc45)cc3)cc1)cn2-c1ccc(-c2cc3ccccc3c3ccccc23)cc1. The summed E-state index contributed by atoms with van der Waals surface area (Å²) in [5.74, 6) is 0.328. The highest BCUT2D eigenvalue weighted by atomic mass is 15.0. The van der Waals surface area contributed by atoms with E-state index in [0.29, 0.717) is 5.92 Å². The Morgan fingerprint density at radius 3 is 1.41 bits per heavy atom. The van der Waals surface area contributed by atoms with Crippen molar-refractivity contribution in [1.82, 2.24) is 4.57 Å². The van der Waals surface area contributed by atoms with Crippen molar-refractivity contribution in [2.24, 2.45) is 0 Å². The summed E-state index contributed by atoms with van der Waals surface area (Å²) in [7, 11) is 0. The second kappa shape index (κ2) is 17.8. The van der Waals surface area contributed by atoms with Gasteiger partial charge >= 0.3 is 0 Å². The van der Waals surface area contributed by atoms with Gasteiger partial charge in [-0.3, -0.25) is 0 Å². The molecule has 0 fully saturated rings. The predicted molar refractivity (Wildman–Crippen MR) is 311 cm³/mol. The van der Waals surface area contributed by atoms with Gasteiger partial charge in [-0.25, -0.2) is 0 Å². The monoisotopic (exact) mass is 927 g/mol. The number of aromatic nitrogens is 1. The zero-order valence-electron chi connectivity index (χ0n) is 40.3. The summed E-state index contributed by atoms with van der Waals surface area (Å²) in [5, 5.41) is 11.4. The molecule has 0 spiro atoms. The topological polar surface area (TPSA) is 4.93 Å². The number of allylic oxidation sites excluding steroid dienone is 4. The van der Waals surface area contributed by atoms with Crippen LogP contribution in [0.25, 0.3) is 121 Å². The molecule has 0 saturated heterocycles. The van der Waals surface area contributed by atoms with Crippen LogP contribution in [0.1, 0.15) is 23.5 Å². The number of hydrogen-bond acceptors (Lipinski definition) is 0. The van der Waals surface area contributed by atoms with Crippen LogP contribution in [0.3, 0.4) is 0 Å². The van der Waals surface area contributed by atoms with E-state index < -0.39 is 0 Å². The molecule has 73 heavy (non-hydrogen) atoms. The summed E-state index contributed by atoms with van der Waals surface area (Å²) < 4.78 is 2.37. The molecule has 1 aromatic heterocycles. The molecule has 0 radical (unpaired) electrons. The summed E-state index contributed by atoms with van der Waals surface area (Å²) in [5.41, 5.74) is 18.4. The van der Waals surface area contributed by atoms with Gasteiger partial charge in [-0.2, -0.15) is 0 Å². The molecule has 1 aliphatic rings. The second-order valence-electron chi connectivity index (χ2n) is 19.6. The quantitative estimate of drug-likeness (QED) is 0.134. The molecule has 1 atom stereocenters. The Bertz CT molecular complexity index is 4290. The van der Waals surface area contributed by atoms with E-state index in [9.17, 15) is 0 Å². The summed E-state index contributed by atoms with van der Waals surface area (Å²) in [6, 6.07) is 93.8. The van der Waals surface area contributed by atoms with Crippen LogP contribution in [0.4, 0.5) is 0 Å². The van der Waals surface area contributed by atoms with Crippen molar-refractivity contribution in [3.8, 4) is 61.3 Å². The molecule has 0 amide bonds. The summed E-state index contributed by atoms with van der Waals surface area (Å²) in [6.45, 7) is 0. The average molecular weight is 928 g/mol. The van der Waals surface area contributed by atoms with Crippen molar-refractivity contribution in [3.05, 3.63) is 290 Å². The molecule has 1 heterocycles. The maximum atomic E-state index is 2.43. The van der Waals surface area contributed by atoms with Gasteiger partial charge in [0.25, 0.3) is 0 Å². The van der Waals surface area contributed by atoms with Gasteiger partial charge in [0, 0.05) is 28.8 Å². The molecule has 1 unspecified atom stereocenters. The molecule has 0 N–H and O–H groups in total. The third-order valence-corrected chi connectivity index (χ3v) is 15.4. The second-order valence-corrected chi connectivity index (χ2v) is 19.6. The minimum atomic E-state index is 0.328. The fourth-order valence-corrected chi connectivity index (χ4v) is 11.6. The number of fused-ring (bicyclic) bond motifs is 6. The van der Waals surface area contributed by atoms with Crippen molar-refractivity contribution in [1.29, 1.82) is 0 Å². The van der Waals surface area contributed by atoms with Gasteiger partial charge < -0.3 is 4.57 Å². The third-order valence-electron chi connectivity index (χ3n) is 15.4. The Kier molecular flexibility index (Phi) is 10.4. The van der Waals surface area contributed by atoms with Crippen LogP contribution in [0, 0.1) is 0 Å². The first-order valence-corrected chi connectivity index (χ1v) is 25.5. The van der Waals surface area contributed by atoms with Crippen LogP contribution in [0.5, 0.6) is 0 Å². The normalized spacial score (nSPS) is 13.6. The van der Waals surface area contributed by atoms with E-state index in [1.807, 2.05) is 0 Å². The third kappa shape index (κ3) is 7.66. The highest BCUT2D eigenvalue weighted by Gasteiger charge is 2.18. The molecule has 1 heteroatoms. The van der Waals surface area contributed by atoms with Crippen LogP contribution < -0.4 is 0 Å². The molecule has 0 bridgehead atoms. The average Bonchev–Trinajstić information content (AvgIpc) is 3.86. The van der Waals surface area contributed by atoms with Crippen LogP contribution in [-0.4, -0.2) is 4.57 Å². The van der Waals surface area contributed by atoms with E-state index in [4.69, 9.17) is 0 Å². The van der Waals surface area contributed by atoms with Gasteiger partial charge in [0.2, 0.25) is 0 Å². The molecule has 0 saturated carbocycles. The molecule has 13 aromatic rings. The van der Waals surface area contributed by atoms with E-state index in [1.165, 1.54) is 126 Å². The zero-order valence-corrected chi connectivity index (χ0v) is 40.3. The maximum Gasteiger partial charge on any atom is 0.0535 e. The Morgan fingerprint density at radius 1 is 0.315 bits per heavy atom. The Hall–Kier alpha value is -9.30. The van der Waals surface area contributed by atoms with E-state index in [0.717, 1.165) is 12.1 Å². The van der Waals surface area contributed by atoms with Crippen molar-refractivity contribution in [2.75, 3.05) is 0 Å². The predicted octanol–water partition coefficient (Wildman–Crippen LogP) is 19.7. The van der Waals surface area contributed by atoms with Crippen LogP contribution >= 0.6 is 0 Å². The lowest BCUT2D eigenvalue weighted by atomic mass is 9.87. The zero-order chi connectivity index (χ0) is 48.2. The number of rotatable bonds is 8. The van der Waals surface area contributed by atoms with Crippen molar-refractivity contribution < 1.29 is 0 Å². The fraction of sp³-hybridized carbons (Fsp3) is 0.0278. The van der Waals surface area contributed by atoms with E-state index in [-0.39, 0.29) is 0 Å². The van der Waals surface area contributed by atoms with Crippen LogP contribution in [-0.2, 0) is 0 Å². The fourth-order valence-electron chi connectivity index (χ4n) is 11.6. The number of nitrogens with zero attached hydrogens (tertiary/aromatic N) is 1. The lowest BCUT2D eigenvalue weighted by Gasteiger charge is -2.18. The largest absolute Gasteiger partial charge is 0.316 e. The van der Waals surface area contributed by atoms with Gasteiger partial charge in [-0.1, -0.05) is 243 Å². The first-order chi connectivity index (χ1) is 36.2. The first-order valence-electron chi connectivity index (χ1n) is 25.5. The highest BCUT2D eigenvalue weighted by Crippen LogP contribution is 2.41. The van der Waals surface area contributed by atoms with Gasteiger partial charge in [0.15, 0.2) is 0 Å². The molecule has 14 rings (SSSR count).